The molecule has 0 aromatic carbocycles. The Kier molecular flexibility index (Phi) is 9.23. The van der Waals surface area contributed by atoms with E-state index in [1.807, 2.05) is 0 Å². The van der Waals surface area contributed by atoms with Crippen LogP contribution in [-0.4, -0.2) is 62.2 Å². The van der Waals surface area contributed by atoms with Crippen molar-refractivity contribution in [3.63, 3.8) is 0 Å². The van der Waals surface area contributed by atoms with Crippen molar-refractivity contribution >= 4 is 0 Å². The van der Waals surface area contributed by atoms with Gasteiger partial charge < -0.3 is 24.1 Å². The smallest absolute Gasteiger partial charge is 0.165 e. The second-order valence-electron chi connectivity index (χ2n) is 4.71. The molecule has 0 aromatic rings. The number of ether oxygens (including phenoxy) is 4. The van der Waals surface area contributed by atoms with Crippen molar-refractivity contribution in [3.8, 4) is 0 Å². The zero-order valence-electron chi connectivity index (χ0n) is 13.0. The largest absolute Gasteiger partial charge is 0.394 e. The topological polar surface area (TPSA) is 106 Å². The van der Waals surface area contributed by atoms with Crippen LogP contribution in [0.2, 0.25) is 0 Å². The third-order valence-corrected chi connectivity index (χ3v) is 3.17. The van der Waals surface area contributed by atoms with E-state index in [1.165, 1.54) is 0 Å². The van der Waals surface area contributed by atoms with Crippen LogP contribution in [0.15, 0.2) is 43.1 Å². The van der Waals surface area contributed by atoms with Gasteiger partial charge in [-0.05, 0) is 5.53 Å². The molecule has 1 fully saturated rings. The van der Waals surface area contributed by atoms with Gasteiger partial charge >= 0.3 is 0 Å². The van der Waals surface area contributed by atoms with Gasteiger partial charge in [-0.3, -0.25) is 0 Å². The normalized spacial score (nSPS) is 30.2. The summed E-state index contributed by atoms with van der Waals surface area (Å²) in [5, 5.41) is 13.1. The maximum Gasteiger partial charge on any atom is 0.165 e. The van der Waals surface area contributed by atoms with Crippen LogP contribution in [0.25, 0.3) is 10.4 Å². The van der Waals surface area contributed by atoms with Gasteiger partial charge in [0.15, 0.2) is 6.23 Å². The Morgan fingerprint density at radius 1 is 1.00 bits per heavy atom. The van der Waals surface area contributed by atoms with E-state index in [9.17, 15) is 5.11 Å². The van der Waals surface area contributed by atoms with Crippen molar-refractivity contribution in [2.75, 3.05) is 26.4 Å². The van der Waals surface area contributed by atoms with Crippen LogP contribution in [0.5, 0.6) is 0 Å². The van der Waals surface area contributed by atoms with Gasteiger partial charge in [-0.25, -0.2) is 0 Å². The quantitative estimate of drug-likeness (QED) is 0.269. The maximum atomic E-state index is 9.55. The molecule has 0 spiro atoms. The summed E-state index contributed by atoms with van der Waals surface area (Å²) in [6.07, 6.45) is 1.13. The molecule has 5 atom stereocenters. The third kappa shape index (κ3) is 5.47. The lowest BCUT2D eigenvalue weighted by molar-refractivity contribution is -0.255. The lowest BCUT2D eigenvalue weighted by Gasteiger charge is -2.44. The van der Waals surface area contributed by atoms with E-state index < -0.39 is 30.6 Å². The fourth-order valence-electron chi connectivity index (χ4n) is 2.29. The summed E-state index contributed by atoms with van der Waals surface area (Å²) in [6, 6.07) is 0. The van der Waals surface area contributed by atoms with Crippen molar-refractivity contribution in [1.82, 2.24) is 0 Å². The first-order valence-corrected chi connectivity index (χ1v) is 7.21. The Balaban J connectivity index is 3.07. The van der Waals surface area contributed by atoms with E-state index in [0.717, 1.165) is 0 Å². The van der Waals surface area contributed by atoms with E-state index in [0.29, 0.717) is 0 Å². The van der Waals surface area contributed by atoms with Crippen molar-refractivity contribution in [1.29, 1.82) is 0 Å². The van der Waals surface area contributed by atoms with Crippen molar-refractivity contribution < 1.29 is 24.1 Å². The number of aliphatic hydroxyl groups is 1. The standard InChI is InChI=1S/C15H23N3O5/c1-4-7-20-12-11(10-19)23-15(17-18-16)14(22-9-6-3)13(12)21-8-5-2/h4-6,11-15,19H,1-3,7-10H2/t11-,12-,13+,14-,15?/m1/s1. The SMILES string of the molecule is C=CCO[C@H]1[C@H](OCC=C)[C@@H](OCC=C)C(N=[N+]=[N-])O[C@@H]1CO. The zero-order chi connectivity index (χ0) is 17.1. The van der Waals surface area contributed by atoms with Crippen molar-refractivity contribution in [2.24, 2.45) is 5.11 Å². The van der Waals surface area contributed by atoms with Crippen LogP contribution in [-0.2, 0) is 18.9 Å². The van der Waals surface area contributed by atoms with E-state index in [4.69, 9.17) is 24.5 Å². The molecule has 1 aliphatic rings. The second-order valence-corrected chi connectivity index (χ2v) is 4.71. The monoisotopic (exact) mass is 325 g/mol. The fourth-order valence-corrected chi connectivity index (χ4v) is 2.29. The Labute approximate surface area is 135 Å². The molecule has 1 unspecified atom stereocenters. The average molecular weight is 325 g/mol. The lowest BCUT2D eigenvalue weighted by atomic mass is 9.97. The van der Waals surface area contributed by atoms with Gasteiger partial charge in [-0.1, -0.05) is 23.3 Å². The van der Waals surface area contributed by atoms with Crippen LogP contribution in [0, 0.1) is 0 Å². The Hall–Kier alpha value is -1.67. The molecule has 1 saturated heterocycles. The summed E-state index contributed by atoms with van der Waals surface area (Å²) in [7, 11) is 0. The van der Waals surface area contributed by atoms with Gasteiger partial charge in [-0.15, -0.1) is 19.7 Å². The lowest BCUT2D eigenvalue weighted by Crippen LogP contribution is -2.60. The highest BCUT2D eigenvalue weighted by molar-refractivity contribution is 4.96. The van der Waals surface area contributed by atoms with E-state index in [2.05, 4.69) is 29.8 Å². The number of aliphatic hydroxyl groups excluding tert-OH is 1. The molecule has 0 saturated carbocycles. The molecule has 1 heterocycles. The van der Waals surface area contributed by atoms with Crippen LogP contribution in [0.3, 0.4) is 0 Å². The third-order valence-electron chi connectivity index (χ3n) is 3.17. The molecule has 1 rings (SSSR count). The molecule has 0 radical (unpaired) electrons. The molecule has 8 heteroatoms. The number of azide groups is 1. The van der Waals surface area contributed by atoms with Crippen LogP contribution in [0.1, 0.15) is 0 Å². The molecule has 0 bridgehead atoms. The van der Waals surface area contributed by atoms with Gasteiger partial charge in [0.2, 0.25) is 0 Å². The number of hydrogen-bond acceptors (Lipinski definition) is 6. The van der Waals surface area contributed by atoms with E-state index in [1.54, 1.807) is 18.2 Å². The molecule has 1 aliphatic heterocycles. The summed E-state index contributed by atoms with van der Waals surface area (Å²) in [4.78, 5) is 2.77. The summed E-state index contributed by atoms with van der Waals surface area (Å²) in [5.74, 6) is 0. The number of nitrogens with zero attached hydrogens (tertiary/aromatic N) is 3. The molecular weight excluding hydrogens is 302 g/mol. The molecule has 0 aromatic heterocycles. The number of rotatable bonds is 11. The molecule has 1 N–H and O–H groups in total. The van der Waals surface area contributed by atoms with Crippen LogP contribution >= 0.6 is 0 Å². The molecular formula is C15H23N3O5. The van der Waals surface area contributed by atoms with Gasteiger partial charge in [0.05, 0.1) is 26.4 Å². The minimum Gasteiger partial charge on any atom is -0.394 e. The predicted octanol–water partition coefficient (Wildman–Crippen LogP) is 1.73. The minimum atomic E-state index is -0.949. The van der Waals surface area contributed by atoms with Crippen molar-refractivity contribution in [2.45, 2.75) is 30.6 Å². The first-order chi connectivity index (χ1) is 11.2. The summed E-state index contributed by atoms with van der Waals surface area (Å²) < 4.78 is 22.7. The van der Waals surface area contributed by atoms with E-state index >= 15 is 0 Å². The first-order valence-electron chi connectivity index (χ1n) is 7.21. The molecule has 128 valence electrons. The summed E-state index contributed by atoms with van der Waals surface area (Å²) in [6.45, 7) is 11.2. The van der Waals surface area contributed by atoms with Crippen molar-refractivity contribution in [3.05, 3.63) is 48.4 Å². The molecule has 0 amide bonds. The van der Waals surface area contributed by atoms with Crippen LogP contribution < -0.4 is 0 Å². The highest BCUT2D eigenvalue weighted by Gasteiger charge is 2.47. The average Bonchev–Trinajstić information content (AvgIpc) is 2.57. The van der Waals surface area contributed by atoms with E-state index in [-0.39, 0.29) is 26.4 Å². The van der Waals surface area contributed by atoms with Gasteiger partial charge in [0, 0.05) is 4.91 Å². The highest BCUT2D eigenvalue weighted by atomic mass is 16.6. The Morgan fingerprint density at radius 3 is 2.00 bits per heavy atom. The molecule has 8 nitrogen and oxygen atoms in total. The van der Waals surface area contributed by atoms with Gasteiger partial charge in [0.1, 0.15) is 24.4 Å². The second kappa shape index (κ2) is 11.0. The Bertz CT molecular complexity index is 439. The fraction of sp³-hybridized carbons (Fsp3) is 0.600. The maximum absolute atomic E-state index is 9.55. The zero-order valence-corrected chi connectivity index (χ0v) is 13.0. The van der Waals surface area contributed by atoms with Crippen LogP contribution in [0.4, 0.5) is 0 Å². The molecule has 0 aliphatic carbocycles. The first kappa shape index (κ1) is 19.4. The Morgan fingerprint density at radius 2 is 1.52 bits per heavy atom. The van der Waals surface area contributed by atoms with Gasteiger partial charge in [0.25, 0.3) is 0 Å². The van der Waals surface area contributed by atoms with Gasteiger partial charge in [-0.2, -0.15) is 0 Å². The number of hydrogen-bond donors (Lipinski definition) is 1. The minimum absolute atomic E-state index is 0.220. The highest BCUT2D eigenvalue weighted by Crippen LogP contribution is 2.29. The summed E-state index contributed by atoms with van der Waals surface area (Å²) >= 11 is 0. The summed E-state index contributed by atoms with van der Waals surface area (Å²) in [5.41, 5.74) is 8.73. The molecule has 23 heavy (non-hydrogen) atoms. The predicted molar refractivity (Wildman–Crippen MR) is 84.7 cm³/mol.